The average molecular weight is 411 g/mol. The van der Waals surface area contributed by atoms with Crippen LogP contribution < -0.4 is 15.6 Å². The first-order valence-electron chi connectivity index (χ1n) is 9.01. The minimum absolute atomic E-state index is 0.00600. The molecule has 1 atom stereocenters. The van der Waals surface area contributed by atoms with Crippen LogP contribution >= 0.6 is 15.9 Å². The zero-order valence-electron chi connectivity index (χ0n) is 14.9. The second kappa shape index (κ2) is 9.80. The van der Waals surface area contributed by atoms with Gasteiger partial charge in [-0.05, 0) is 62.3 Å². The summed E-state index contributed by atoms with van der Waals surface area (Å²) < 4.78 is 6.73. The van der Waals surface area contributed by atoms with E-state index in [4.69, 9.17) is 4.74 Å². The number of nitrogens with one attached hydrogen (secondary N) is 2. The molecule has 2 N–H and O–H groups in total. The standard InChI is InChI=1S/C19H27BrN2O3/c1-3-4-17(25-16-11-9-15(20)10-12-16)19(24)22-21-18(23)14-7-5-13(2)6-8-14/h9-14,17H,3-8H2,1-2H3,(H,21,23)(H,22,24)/t13?,14?,17-/m0/s1. The van der Waals surface area contributed by atoms with Crippen molar-refractivity contribution in [1.29, 1.82) is 0 Å². The van der Waals surface area contributed by atoms with Crippen molar-refractivity contribution in [3.05, 3.63) is 28.7 Å². The number of hydrazine groups is 1. The number of rotatable bonds is 6. The normalized spacial score (nSPS) is 21.2. The number of carbonyl (C=O) groups excluding carboxylic acids is 2. The lowest BCUT2D eigenvalue weighted by Crippen LogP contribution is -2.50. The van der Waals surface area contributed by atoms with Gasteiger partial charge in [0.05, 0.1) is 0 Å². The first-order valence-corrected chi connectivity index (χ1v) is 9.80. The van der Waals surface area contributed by atoms with E-state index in [0.717, 1.165) is 36.6 Å². The third-order valence-corrected chi connectivity index (χ3v) is 5.16. The second-order valence-electron chi connectivity index (χ2n) is 6.78. The van der Waals surface area contributed by atoms with Crippen molar-refractivity contribution in [1.82, 2.24) is 10.9 Å². The van der Waals surface area contributed by atoms with Crippen LogP contribution in [-0.2, 0) is 9.59 Å². The van der Waals surface area contributed by atoms with Gasteiger partial charge in [-0.3, -0.25) is 20.4 Å². The van der Waals surface area contributed by atoms with Gasteiger partial charge in [-0.2, -0.15) is 0 Å². The summed E-state index contributed by atoms with van der Waals surface area (Å²) in [4.78, 5) is 24.6. The largest absolute Gasteiger partial charge is 0.481 e. The summed E-state index contributed by atoms with van der Waals surface area (Å²) in [5.41, 5.74) is 5.11. The van der Waals surface area contributed by atoms with E-state index in [1.807, 2.05) is 31.2 Å². The molecule has 1 aromatic carbocycles. The van der Waals surface area contributed by atoms with E-state index in [1.54, 1.807) is 0 Å². The highest BCUT2D eigenvalue weighted by Crippen LogP contribution is 2.28. The van der Waals surface area contributed by atoms with E-state index in [2.05, 4.69) is 33.7 Å². The Labute approximate surface area is 158 Å². The summed E-state index contributed by atoms with van der Waals surface area (Å²) in [6.45, 7) is 4.21. The third-order valence-electron chi connectivity index (χ3n) is 4.63. The number of amides is 2. The summed E-state index contributed by atoms with van der Waals surface area (Å²) in [6, 6.07) is 7.34. The van der Waals surface area contributed by atoms with Gasteiger partial charge in [0.25, 0.3) is 5.91 Å². The zero-order valence-corrected chi connectivity index (χ0v) is 16.5. The minimum atomic E-state index is -0.627. The van der Waals surface area contributed by atoms with Crippen molar-refractivity contribution in [2.24, 2.45) is 11.8 Å². The fourth-order valence-electron chi connectivity index (χ4n) is 3.01. The molecule has 138 valence electrons. The van der Waals surface area contributed by atoms with E-state index in [1.165, 1.54) is 0 Å². The van der Waals surface area contributed by atoms with Crippen LogP contribution in [0.3, 0.4) is 0 Å². The molecule has 1 fully saturated rings. The summed E-state index contributed by atoms with van der Waals surface area (Å²) in [5.74, 6) is 0.895. The van der Waals surface area contributed by atoms with Crippen LogP contribution in [0.5, 0.6) is 5.75 Å². The maximum atomic E-state index is 12.4. The molecule has 5 nitrogen and oxygen atoms in total. The maximum Gasteiger partial charge on any atom is 0.279 e. The molecule has 1 aromatic rings. The van der Waals surface area contributed by atoms with Crippen molar-refractivity contribution in [2.45, 2.75) is 58.5 Å². The van der Waals surface area contributed by atoms with Gasteiger partial charge in [0.2, 0.25) is 5.91 Å². The van der Waals surface area contributed by atoms with E-state index in [-0.39, 0.29) is 17.7 Å². The average Bonchev–Trinajstić information content (AvgIpc) is 2.61. The lowest BCUT2D eigenvalue weighted by atomic mass is 9.83. The first-order chi connectivity index (χ1) is 12.0. The molecule has 6 heteroatoms. The van der Waals surface area contributed by atoms with Crippen molar-refractivity contribution in [3.8, 4) is 5.75 Å². The molecule has 0 heterocycles. The summed E-state index contributed by atoms with van der Waals surface area (Å²) >= 11 is 3.37. The van der Waals surface area contributed by atoms with Crippen molar-refractivity contribution >= 4 is 27.7 Å². The van der Waals surface area contributed by atoms with Crippen LogP contribution in [-0.4, -0.2) is 17.9 Å². The summed E-state index contributed by atoms with van der Waals surface area (Å²) in [5, 5.41) is 0. The quantitative estimate of drug-likeness (QED) is 0.697. The molecule has 0 aromatic heterocycles. The summed E-state index contributed by atoms with van der Waals surface area (Å²) in [7, 11) is 0. The van der Waals surface area contributed by atoms with Gasteiger partial charge in [-0.15, -0.1) is 0 Å². The number of hydrogen-bond acceptors (Lipinski definition) is 3. The lowest BCUT2D eigenvalue weighted by molar-refractivity contribution is -0.135. The van der Waals surface area contributed by atoms with Crippen LogP contribution in [0.2, 0.25) is 0 Å². The van der Waals surface area contributed by atoms with E-state index < -0.39 is 6.10 Å². The number of halogens is 1. The molecule has 0 aliphatic heterocycles. The molecule has 0 bridgehead atoms. The van der Waals surface area contributed by atoms with Crippen LogP contribution in [0, 0.1) is 11.8 Å². The van der Waals surface area contributed by atoms with Gasteiger partial charge in [0, 0.05) is 10.4 Å². The summed E-state index contributed by atoms with van der Waals surface area (Å²) in [6.07, 6.45) is 4.67. The minimum Gasteiger partial charge on any atom is -0.481 e. The Kier molecular flexibility index (Phi) is 7.75. The Morgan fingerprint density at radius 2 is 1.80 bits per heavy atom. The van der Waals surface area contributed by atoms with Crippen molar-refractivity contribution in [2.75, 3.05) is 0 Å². The fraction of sp³-hybridized carbons (Fsp3) is 0.579. The van der Waals surface area contributed by atoms with Gasteiger partial charge in [0.1, 0.15) is 5.75 Å². The van der Waals surface area contributed by atoms with Gasteiger partial charge >= 0.3 is 0 Å². The van der Waals surface area contributed by atoms with Gasteiger partial charge in [-0.1, -0.05) is 36.2 Å². The number of ether oxygens (including phenoxy) is 1. The zero-order chi connectivity index (χ0) is 18.2. The monoisotopic (exact) mass is 410 g/mol. The molecule has 25 heavy (non-hydrogen) atoms. The molecule has 1 saturated carbocycles. The van der Waals surface area contributed by atoms with Crippen molar-refractivity contribution in [3.63, 3.8) is 0 Å². The molecule has 2 amide bonds. The third kappa shape index (κ3) is 6.34. The van der Waals surface area contributed by atoms with Crippen LogP contribution in [0.1, 0.15) is 52.4 Å². The van der Waals surface area contributed by atoms with Crippen LogP contribution in [0.25, 0.3) is 0 Å². The molecule has 1 aliphatic rings. The smallest absolute Gasteiger partial charge is 0.279 e. The van der Waals surface area contributed by atoms with Gasteiger partial charge in [-0.25, -0.2) is 0 Å². The number of hydrogen-bond donors (Lipinski definition) is 2. The van der Waals surface area contributed by atoms with Crippen LogP contribution in [0.4, 0.5) is 0 Å². The van der Waals surface area contributed by atoms with E-state index in [0.29, 0.717) is 18.1 Å². The number of benzene rings is 1. The number of carbonyl (C=O) groups is 2. The molecular formula is C19H27BrN2O3. The molecule has 0 spiro atoms. The Balaban J connectivity index is 1.84. The predicted molar refractivity (Wildman–Crippen MR) is 101 cm³/mol. The van der Waals surface area contributed by atoms with Gasteiger partial charge < -0.3 is 4.74 Å². The van der Waals surface area contributed by atoms with E-state index >= 15 is 0 Å². The van der Waals surface area contributed by atoms with Crippen LogP contribution in [0.15, 0.2) is 28.7 Å². The second-order valence-corrected chi connectivity index (χ2v) is 7.70. The van der Waals surface area contributed by atoms with Gasteiger partial charge in [0.15, 0.2) is 6.10 Å². The Hall–Kier alpha value is -1.56. The molecule has 0 unspecified atom stereocenters. The molecule has 0 saturated heterocycles. The highest BCUT2D eigenvalue weighted by molar-refractivity contribution is 9.10. The molecular weight excluding hydrogens is 384 g/mol. The predicted octanol–water partition coefficient (Wildman–Crippen LogP) is 3.97. The molecule has 0 radical (unpaired) electrons. The topological polar surface area (TPSA) is 67.4 Å². The van der Waals surface area contributed by atoms with Crippen molar-refractivity contribution < 1.29 is 14.3 Å². The molecule has 1 aliphatic carbocycles. The Bertz CT molecular complexity index is 569. The molecule has 2 rings (SSSR count). The lowest BCUT2D eigenvalue weighted by Gasteiger charge is -2.25. The highest BCUT2D eigenvalue weighted by Gasteiger charge is 2.26. The maximum absolute atomic E-state index is 12.4. The fourth-order valence-corrected chi connectivity index (χ4v) is 3.28. The van der Waals surface area contributed by atoms with E-state index in [9.17, 15) is 9.59 Å². The first kappa shape index (κ1) is 19.8. The highest BCUT2D eigenvalue weighted by atomic mass is 79.9. The Morgan fingerprint density at radius 3 is 2.40 bits per heavy atom. The SMILES string of the molecule is CCC[C@H](Oc1ccc(Br)cc1)C(=O)NNC(=O)C1CCC(C)CC1. The Morgan fingerprint density at radius 1 is 1.16 bits per heavy atom.